The normalized spacial score (nSPS) is 10.6. The molecule has 1 aromatic heterocycles. The number of aromatic nitrogens is 2. The number of nitrogens with zero attached hydrogens (tertiary/aromatic N) is 2. The lowest BCUT2D eigenvalue weighted by Crippen LogP contribution is -2.27. The summed E-state index contributed by atoms with van der Waals surface area (Å²) in [6.07, 6.45) is 0. The molecule has 4 aromatic rings. The summed E-state index contributed by atoms with van der Waals surface area (Å²) in [4.78, 5) is 25.7. The molecule has 0 bridgehead atoms. The van der Waals surface area contributed by atoms with E-state index >= 15 is 0 Å². The van der Waals surface area contributed by atoms with Crippen molar-refractivity contribution in [2.24, 2.45) is 0 Å². The van der Waals surface area contributed by atoms with Crippen LogP contribution in [0.3, 0.4) is 0 Å². The Morgan fingerprint density at radius 3 is 2.27 bits per heavy atom. The quantitative estimate of drug-likeness (QED) is 0.451. The highest BCUT2D eigenvalue weighted by Crippen LogP contribution is 2.34. The lowest BCUT2D eigenvalue weighted by Gasteiger charge is -2.14. The third-order valence-electron chi connectivity index (χ3n) is 5.09. The number of aryl methyl sites for hydroxylation is 1. The maximum Gasteiger partial charge on any atom is 0.276 e. The summed E-state index contributed by atoms with van der Waals surface area (Å²) in [6.45, 7) is 2.16. The Labute approximate surface area is 190 Å². The van der Waals surface area contributed by atoms with E-state index in [2.05, 4.69) is 10.4 Å². The molecule has 0 aliphatic heterocycles. The summed E-state index contributed by atoms with van der Waals surface area (Å²) >= 11 is 0. The molecule has 0 atom stereocenters. The standard InChI is InChI=1S/C25H23N3O5/c1-4-28-25(30)20-8-6-5-7-19(20)23(27-28)24(29)26-16-9-14-21(32-3)22(15-16)33-18-12-10-17(31-2)11-13-18/h5-15H,4H2,1-3H3,(H,26,29). The van der Waals surface area contributed by atoms with Gasteiger partial charge in [0.1, 0.15) is 11.5 Å². The van der Waals surface area contributed by atoms with E-state index in [0.29, 0.717) is 46.0 Å². The number of benzene rings is 3. The van der Waals surface area contributed by atoms with Gasteiger partial charge in [0, 0.05) is 23.7 Å². The van der Waals surface area contributed by atoms with Crippen LogP contribution in [0.25, 0.3) is 10.8 Å². The summed E-state index contributed by atoms with van der Waals surface area (Å²) in [5, 5.41) is 8.06. The number of hydrogen-bond donors (Lipinski definition) is 1. The fraction of sp³-hybridized carbons (Fsp3) is 0.160. The molecule has 0 fully saturated rings. The Morgan fingerprint density at radius 1 is 0.909 bits per heavy atom. The van der Waals surface area contributed by atoms with E-state index in [1.807, 2.05) is 0 Å². The van der Waals surface area contributed by atoms with Crippen molar-refractivity contribution in [2.45, 2.75) is 13.5 Å². The minimum absolute atomic E-state index is 0.167. The maximum absolute atomic E-state index is 13.1. The maximum atomic E-state index is 13.1. The van der Waals surface area contributed by atoms with Crippen LogP contribution in [0.15, 0.2) is 71.5 Å². The minimum atomic E-state index is -0.436. The molecule has 0 aliphatic rings. The second-order valence-corrected chi connectivity index (χ2v) is 7.11. The van der Waals surface area contributed by atoms with Gasteiger partial charge in [0.25, 0.3) is 11.5 Å². The van der Waals surface area contributed by atoms with E-state index in [1.54, 1.807) is 87.9 Å². The highest BCUT2D eigenvalue weighted by Gasteiger charge is 2.17. The van der Waals surface area contributed by atoms with Crippen LogP contribution in [0, 0.1) is 0 Å². The van der Waals surface area contributed by atoms with Crippen LogP contribution < -0.4 is 25.1 Å². The van der Waals surface area contributed by atoms with E-state index in [1.165, 1.54) is 4.68 Å². The van der Waals surface area contributed by atoms with Gasteiger partial charge in [-0.05, 0) is 49.4 Å². The molecule has 8 heteroatoms. The SMILES string of the molecule is CCn1nc(C(=O)Nc2ccc(OC)c(Oc3ccc(OC)cc3)c2)c2ccccc2c1=O. The summed E-state index contributed by atoms with van der Waals surface area (Å²) in [5.74, 6) is 1.79. The molecule has 3 aromatic carbocycles. The molecule has 0 spiro atoms. The van der Waals surface area contributed by atoms with Crippen molar-refractivity contribution in [3.05, 3.63) is 82.8 Å². The first-order valence-electron chi connectivity index (χ1n) is 10.3. The van der Waals surface area contributed by atoms with Gasteiger partial charge in [-0.3, -0.25) is 9.59 Å². The van der Waals surface area contributed by atoms with Crippen molar-refractivity contribution in [3.8, 4) is 23.0 Å². The molecule has 0 saturated heterocycles. The summed E-state index contributed by atoms with van der Waals surface area (Å²) in [5.41, 5.74) is 0.425. The zero-order valence-electron chi connectivity index (χ0n) is 18.5. The van der Waals surface area contributed by atoms with Gasteiger partial charge in [0.15, 0.2) is 17.2 Å². The number of carbonyl (C=O) groups excluding carboxylic acids is 1. The molecular formula is C25H23N3O5. The number of methoxy groups -OCH3 is 2. The number of hydrogen-bond acceptors (Lipinski definition) is 6. The number of carbonyl (C=O) groups is 1. The molecule has 1 amide bonds. The van der Waals surface area contributed by atoms with Crippen LogP contribution >= 0.6 is 0 Å². The Hall–Kier alpha value is -4.33. The number of fused-ring (bicyclic) bond motifs is 1. The van der Waals surface area contributed by atoms with Gasteiger partial charge in [-0.25, -0.2) is 4.68 Å². The van der Waals surface area contributed by atoms with Crippen molar-refractivity contribution >= 4 is 22.4 Å². The predicted molar refractivity (Wildman–Crippen MR) is 126 cm³/mol. The Bertz CT molecular complexity index is 1360. The lowest BCUT2D eigenvalue weighted by molar-refractivity contribution is 0.102. The number of ether oxygens (including phenoxy) is 3. The Morgan fingerprint density at radius 2 is 1.61 bits per heavy atom. The van der Waals surface area contributed by atoms with Gasteiger partial charge in [0.2, 0.25) is 0 Å². The third-order valence-corrected chi connectivity index (χ3v) is 5.09. The van der Waals surface area contributed by atoms with Crippen LogP contribution in [0.5, 0.6) is 23.0 Å². The smallest absolute Gasteiger partial charge is 0.276 e. The van der Waals surface area contributed by atoms with Crippen LogP contribution in [-0.2, 0) is 6.54 Å². The van der Waals surface area contributed by atoms with E-state index in [0.717, 1.165) is 0 Å². The third kappa shape index (κ3) is 4.50. The Kier molecular flexibility index (Phi) is 6.26. The summed E-state index contributed by atoms with van der Waals surface area (Å²) in [6, 6.07) is 19.1. The molecule has 33 heavy (non-hydrogen) atoms. The van der Waals surface area contributed by atoms with Crippen molar-refractivity contribution in [1.29, 1.82) is 0 Å². The van der Waals surface area contributed by atoms with Crippen LogP contribution in [0.1, 0.15) is 17.4 Å². The highest BCUT2D eigenvalue weighted by molar-refractivity contribution is 6.11. The lowest BCUT2D eigenvalue weighted by atomic mass is 10.1. The van der Waals surface area contributed by atoms with Crippen LogP contribution in [0.4, 0.5) is 5.69 Å². The van der Waals surface area contributed by atoms with E-state index in [-0.39, 0.29) is 11.3 Å². The van der Waals surface area contributed by atoms with Crippen LogP contribution in [-0.4, -0.2) is 29.9 Å². The Balaban J connectivity index is 1.65. The fourth-order valence-electron chi connectivity index (χ4n) is 3.41. The van der Waals surface area contributed by atoms with Gasteiger partial charge in [0.05, 0.1) is 19.6 Å². The van der Waals surface area contributed by atoms with Gasteiger partial charge >= 0.3 is 0 Å². The molecule has 8 nitrogen and oxygen atoms in total. The van der Waals surface area contributed by atoms with E-state index in [4.69, 9.17) is 14.2 Å². The average molecular weight is 445 g/mol. The highest BCUT2D eigenvalue weighted by atomic mass is 16.5. The first-order valence-corrected chi connectivity index (χ1v) is 10.3. The molecule has 0 saturated carbocycles. The van der Waals surface area contributed by atoms with Gasteiger partial charge in [-0.2, -0.15) is 5.10 Å². The molecule has 168 valence electrons. The van der Waals surface area contributed by atoms with E-state index in [9.17, 15) is 9.59 Å². The number of amides is 1. The van der Waals surface area contributed by atoms with Gasteiger partial charge < -0.3 is 19.5 Å². The number of nitrogens with one attached hydrogen (secondary N) is 1. The molecular weight excluding hydrogens is 422 g/mol. The summed E-state index contributed by atoms with van der Waals surface area (Å²) in [7, 11) is 3.13. The predicted octanol–water partition coefficient (Wildman–Crippen LogP) is 4.48. The van der Waals surface area contributed by atoms with Gasteiger partial charge in [-0.15, -0.1) is 0 Å². The number of anilines is 1. The van der Waals surface area contributed by atoms with Crippen molar-refractivity contribution in [1.82, 2.24) is 9.78 Å². The molecule has 1 N–H and O–H groups in total. The number of rotatable bonds is 7. The van der Waals surface area contributed by atoms with Crippen molar-refractivity contribution in [2.75, 3.05) is 19.5 Å². The average Bonchev–Trinajstić information content (AvgIpc) is 2.85. The van der Waals surface area contributed by atoms with Gasteiger partial charge in [-0.1, -0.05) is 18.2 Å². The zero-order chi connectivity index (χ0) is 23.4. The molecule has 4 rings (SSSR count). The summed E-state index contributed by atoms with van der Waals surface area (Å²) < 4.78 is 17.8. The van der Waals surface area contributed by atoms with Crippen LogP contribution in [0.2, 0.25) is 0 Å². The molecule has 0 aliphatic carbocycles. The molecule has 1 heterocycles. The largest absolute Gasteiger partial charge is 0.497 e. The molecule has 0 unspecified atom stereocenters. The minimum Gasteiger partial charge on any atom is -0.497 e. The zero-order valence-corrected chi connectivity index (χ0v) is 18.5. The topological polar surface area (TPSA) is 91.7 Å². The van der Waals surface area contributed by atoms with E-state index < -0.39 is 5.91 Å². The second-order valence-electron chi connectivity index (χ2n) is 7.11. The fourth-order valence-corrected chi connectivity index (χ4v) is 3.41. The second kappa shape index (κ2) is 9.44. The van der Waals surface area contributed by atoms with Crippen molar-refractivity contribution in [3.63, 3.8) is 0 Å². The first kappa shape index (κ1) is 21.9. The molecule has 0 radical (unpaired) electrons. The van der Waals surface area contributed by atoms with Crippen molar-refractivity contribution < 1.29 is 19.0 Å². The monoisotopic (exact) mass is 445 g/mol. The first-order chi connectivity index (χ1) is 16.0.